The Bertz CT molecular complexity index is 946. The minimum absolute atomic E-state index is 0.0703. The van der Waals surface area contributed by atoms with Gasteiger partial charge in [-0.25, -0.2) is 23.2 Å². The van der Waals surface area contributed by atoms with E-state index in [1.165, 1.54) is 28.7 Å². The van der Waals surface area contributed by atoms with Crippen molar-refractivity contribution in [2.75, 3.05) is 70.2 Å². The molecule has 3 aliphatic rings. The van der Waals surface area contributed by atoms with E-state index < -0.39 is 10.0 Å². The van der Waals surface area contributed by atoms with Crippen molar-refractivity contribution in [2.24, 2.45) is 11.8 Å². The van der Waals surface area contributed by atoms with Crippen LogP contribution in [-0.4, -0.2) is 105 Å². The largest absolute Gasteiger partial charge is 0.476 e. The number of carbonyl (C=O) groups is 2. The molecule has 0 spiro atoms. The first kappa shape index (κ1) is 23.6. The van der Waals surface area contributed by atoms with Crippen LogP contribution >= 0.6 is 0 Å². The van der Waals surface area contributed by atoms with Gasteiger partial charge in [0.05, 0.1) is 38.4 Å². The smallest absolute Gasteiger partial charge is 0.409 e. The van der Waals surface area contributed by atoms with Gasteiger partial charge in [0.2, 0.25) is 21.8 Å². The molecule has 0 aromatic carbocycles. The molecule has 3 aliphatic heterocycles. The Balaban J connectivity index is 1.25. The SMILES string of the molecule is COC(=O)N1CCC(COc2cnc(N3CCN(S(=O)(=O)CC4CNC4)CC3=O)cn2)CC1. The standard InChI is InChI=1S/C20H30N6O6S/c1-31-20(28)24-4-2-15(3-5-24)13-32-18-11-22-17(10-23-18)26-7-6-25(12-19(26)27)33(29,30)14-16-8-21-9-16/h10-11,15-16,21H,2-9,12-14H2,1H3. The molecule has 4 heterocycles. The predicted octanol–water partition coefficient (Wildman–Crippen LogP) is -0.468. The maximum absolute atomic E-state index is 12.6. The molecular formula is C20H30N6O6S. The summed E-state index contributed by atoms with van der Waals surface area (Å²) >= 11 is 0. The van der Waals surface area contributed by atoms with Crippen LogP contribution in [0.15, 0.2) is 12.4 Å². The fourth-order valence-corrected chi connectivity index (χ4v) is 5.85. The molecule has 0 radical (unpaired) electrons. The van der Waals surface area contributed by atoms with E-state index in [-0.39, 0.29) is 43.3 Å². The predicted molar refractivity (Wildman–Crippen MR) is 118 cm³/mol. The van der Waals surface area contributed by atoms with Gasteiger partial charge in [-0.3, -0.25) is 9.69 Å². The van der Waals surface area contributed by atoms with Crippen LogP contribution in [-0.2, 0) is 19.6 Å². The summed E-state index contributed by atoms with van der Waals surface area (Å²) < 4.78 is 36.9. The number of carbonyl (C=O) groups excluding carboxylic acids is 2. The lowest BCUT2D eigenvalue weighted by Gasteiger charge is -2.35. The third kappa shape index (κ3) is 5.71. The van der Waals surface area contributed by atoms with Gasteiger partial charge in [0, 0.05) is 39.3 Å². The molecule has 3 saturated heterocycles. The van der Waals surface area contributed by atoms with Gasteiger partial charge in [-0.1, -0.05) is 0 Å². The molecule has 1 aromatic rings. The Morgan fingerprint density at radius 3 is 2.45 bits per heavy atom. The molecule has 0 atom stereocenters. The Kier molecular flexibility index (Phi) is 7.29. The lowest BCUT2D eigenvalue weighted by Crippen LogP contribution is -2.55. The number of ether oxygens (including phenoxy) is 2. The molecule has 0 unspecified atom stereocenters. The number of hydrogen-bond donors (Lipinski definition) is 1. The molecule has 1 N–H and O–H groups in total. The fourth-order valence-electron chi connectivity index (χ4n) is 4.14. The summed E-state index contributed by atoms with van der Waals surface area (Å²) in [5.74, 6) is 0.898. The van der Waals surface area contributed by atoms with Gasteiger partial charge in [-0.05, 0) is 24.7 Å². The molecule has 182 valence electrons. The van der Waals surface area contributed by atoms with Crippen molar-refractivity contribution in [1.82, 2.24) is 24.5 Å². The number of nitrogens with one attached hydrogen (secondary N) is 1. The van der Waals surface area contributed by atoms with E-state index in [1.807, 2.05) is 0 Å². The average Bonchev–Trinajstić information content (AvgIpc) is 2.80. The second kappa shape index (κ2) is 10.2. The minimum Gasteiger partial charge on any atom is -0.476 e. The Morgan fingerprint density at radius 1 is 1.12 bits per heavy atom. The highest BCUT2D eigenvalue weighted by atomic mass is 32.2. The Labute approximate surface area is 193 Å². The van der Waals surface area contributed by atoms with Crippen molar-refractivity contribution in [1.29, 1.82) is 0 Å². The van der Waals surface area contributed by atoms with Crippen LogP contribution in [0.2, 0.25) is 0 Å². The number of rotatable bonds is 7. The molecule has 12 nitrogen and oxygen atoms in total. The Hall–Kier alpha value is -2.51. The van der Waals surface area contributed by atoms with E-state index in [9.17, 15) is 18.0 Å². The number of nitrogens with zero attached hydrogens (tertiary/aromatic N) is 5. The van der Waals surface area contributed by atoms with Crippen molar-refractivity contribution in [3.8, 4) is 5.88 Å². The Morgan fingerprint density at radius 2 is 1.88 bits per heavy atom. The van der Waals surface area contributed by atoms with Crippen molar-refractivity contribution in [3.63, 3.8) is 0 Å². The summed E-state index contributed by atoms with van der Waals surface area (Å²) in [7, 11) is -2.08. The fraction of sp³-hybridized carbons (Fsp3) is 0.700. The van der Waals surface area contributed by atoms with E-state index in [0.29, 0.717) is 50.4 Å². The third-order valence-electron chi connectivity index (χ3n) is 6.30. The van der Waals surface area contributed by atoms with Crippen LogP contribution in [0.3, 0.4) is 0 Å². The molecule has 4 rings (SSSR count). The quantitative estimate of drug-likeness (QED) is 0.547. The van der Waals surface area contributed by atoms with E-state index >= 15 is 0 Å². The summed E-state index contributed by atoms with van der Waals surface area (Å²) in [6.07, 6.45) is 4.27. The second-order valence-corrected chi connectivity index (χ2v) is 10.6. The number of likely N-dealkylation sites (tertiary alicyclic amines) is 1. The van der Waals surface area contributed by atoms with Gasteiger partial charge in [-0.2, -0.15) is 4.31 Å². The maximum atomic E-state index is 12.6. The summed E-state index contributed by atoms with van der Waals surface area (Å²) in [4.78, 5) is 35.8. The van der Waals surface area contributed by atoms with Crippen molar-refractivity contribution >= 4 is 27.8 Å². The zero-order valence-corrected chi connectivity index (χ0v) is 19.5. The van der Waals surface area contributed by atoms with E-state index in [1.54, 1.807) is 4.90 Å². The first-order valence-corrected chi connectivity index (χ1v) is 12.7. The van der Waals surface area contributed by atoms with Crippen LogP contribution in [0.5, 0.6) is 5.88 Å². The van der Waals surface area contributed by atoms with Crippen molar-refractivity contribution in [3.05, 3.63) is 12.4 Å². The maximum Gasteiger partial charge on any atom is 0.409 e. The zero-order valence-electron chi connectivity index (χ0n) is 18.7. The van der Waals surface area contributed by atoms with Gasteiger partial charge in [0.25, 0.3) is 0 Å². The molecule has 13 heteroatoms. The lowest BCUT2D eigenvalue weighted by atomic mass is 9.98. The number of hydrogen-bond acceptors (Lipinski definition) is 9. The summed E-state index contributed by atoms with van der Waals surface area (Å²) in [5, 5.41) is 3.06. The van der Waals surface area contributed by atoms with Gasteiger partial charge in [0.1, 0.15) is 0 Å². The molecule has 33 heavy (non-hydrogen) atoms. The van der Waals surface area contributed by atoms with Crippen LogP contribution in [0.1, 0.15) is 12.8 Å². The van der Waals surface area contributed by atoms with Gasteiger partial charge >= 0.3 is 6.09 Å². The van der Waals surface area contributed by atoms with Gasteiger partial charge < -0.3 is 19.7 Å². The van der Waals surface area contributed by atoms with Crippen molar-refractivity contribution < 1.29 is 27.5 Å². The highest BCUT2D eigenvalue weighted by Gasteiger charge is 2.35. The minimum atomic E-state index is -3.46. The molecule has 3 fully saturated rings. The van der Waals surface area contributed by atoms with Crippen LogP contribution in [0, 0.1) is 11.8 Å². The molecule has 1 aromatic heterocycles. The molecular weight excluding hydrogens is 452 g/mol. The lowest BCUT2D eigenvalue weighted by molar-refractivity contribution is -0.120. The van der Waals surface area contributed by atoms with E-state index in [0.717, 1.165) is 12.8 Å². The number of piperidine rings is 1. The molecule has 0 bridgehead atoms. The summed E-state index contributed by atoms with van der Waals surface area (Å²) in [6.45, 7) is 3.40. The van der Waals surface area contributed by atoms with E-state index in [2.05, 4.69) is 15.3 Å². The van der Waals surface area contributed by atoms with Crippen LogP contribution in [0.4, 0.5) is 10.6 Å². The molecule has 2 amide bonds. The van der Waals surface area contributed by atoms with Gasteiger partial charge in [0.15, 0.2) is 5.82 Å². The average molecular weight is 483 g/mol. The second-order valence-electron chi connectivity index (χ2n) is 8.61. The van der Waals surface area contributed by atoms with Crippen LogP contribution in [0.25, 0.3) is 0 Å². The number of amides is 2. The monoisotopic (exact) mass is 482 g/mol. The number of sulfonamides is 1. The number of anilines is 1. The first-order valence-electron chi connectivity index (χ1n) is 11.1. The highest BCUT2D eigenvalue weighted by Crippen LogP contribution is 2.21. The summed E-state index contributed by atoms with van der Waals surface area (Å²) in [6, 6.07) is 0. The molecule has 0 aliphatic carbocycles. The highest BCUT2D eigenvalue weighted by molar-refractivity contribution is 7.89. The van der Waals surface area contributed by atoms with Crippen LogP contribution < -0.4 is 15.0 Å². The number of methoxy groups -OCH3 is 1. The zero-order chi connectivity index (χ0) is 23.4. The number of aromatic nitrogens is 2. The first-order chi connectivity index (χ1) is 15.9. The topological polar surface area (TPSA) is 134 Å². The molecule has 0 saturated carbocycles. The normalized spacial score (nSPS) is 21.1. The van der Waals surface area contributed by atoms with Crippen molar-refractivity contribution in [2.45, 2.75) is 12.8 Å². The van der Waals surface area contributed by atoms with E-state index in [4.69, 9.17) is 9.47 Å². The van der Waals surface area contributed by atoms with Gasteiger partial charge in [-0.15, -0.1) is 0 Å². The third-order valence-corrected chi connectivity index (χ3v) is 8.29. The summed E-state index contributed by atoms with van der Waals surface area (Å²) in [5.41, 5.74) is 0. The number of piperazine rings is 1.